The maximum absolute atomic E-state index is 11.7. The van der Waals surface area contributed by atoms with Crippen molar-refractivity contribution in [2.75, 3.05) is 0 Å². The highest BCUT2D eigenvalue weighted by Gasteiger charge is 2.12. The highest BCUT2D eigenvalue weighted by Crippen LogP contribution is 2.27. The molecule has 0 spiro atoms. The molecule has 0 bridgehead atoms. The Hall–Kier alpha value is -2.90. The number of rotatable bonds is 5. The van der Waals surface area contributed by atoms with Crippen molar-refractivity contribution in [3.63, 3.8) is 0 Å². The third kappa shape index (κ3) is 3.58. The Morgan fingerprint density at radius 1 is 1.11 bits per heavy atom. The Balaban J connectivity index is 1.62. The van der Waals surface area contributed by atoms with Crippen LogP contribution in [0.25, 0.3) is 10.9 Å². The first-order valence-corrected chi connectivity index (χ1v) is 9.11. The molecule has 9 heteroatoms. The third-order valence-electron chi connectivity index (χ3n) is 4.38. The Morgan fingerprint density at radius 2 is 1.93 bits per heavy atom. The molecule has 0 aliphatic rings. The van der Waals surface area contributed by atoms with Gasteiger partial charge in [0.1, 0.15) is 12.4 Å². The van der Waals surface area contributed by atoms with Crippen LogP contribution in [-0.2, 0) is 20.2 Å². The minimum Gasteiger partial charge on any atom is -0.489 e. The molecule has 4 aromatic rings. The van der Waals surface area contributed by atoms with Gasteiger partial charge in [-0.25, -0.2) is 14.6 Å². The Bertz CT molecular complexity index is 1280. The Labute approximate surface area is 168 Å². The average molecular weight is 420 g/mol. The molecule has 0 atom stereocenters. The second-order valence-corrected chi connectivity index (χ2v) is 7.14. The molecular weight excluding hydrogens is 405 g/mol. The number of nitrogens with one attached hydrogen (secondary N) is 1. The summed E-state index contributed by atoms with van der Waals surface area (Å²) in [6.07, 6.45) is 1.88. The lowest BCUT2D eigenvalue weighted by Crippen LogP contribution is -2.17. The van der Waals surface area contributed by atoms with Crippen LogP contribution in [0, 0.1) is 0 Å². The monoisotopic (exact) mass is 419 g/mol. The van der Waals surface area contributed by atoms with E-state index in [2.05, 4.69) is 4.98 Å². The van der Waals surface area contributed by atoms with E-state index in [9.17, 15) is 9.59 Å². The number of aromatic amines is 1. The quantitative estimate of drug-likeness (QED) is 0.536. The lowest BCUT2D eigenvalue weighted by Gasteiger charge is -2.08. The summed E-state index contributed by atoms with van der Waals surface area (Å²) in [5.74, 6) is -0.121. The van der Waals surface area contributed by atoms with E-state index in [1.807, 2.05) is 42.1 Å². The van der Waals surface area contributed by atoms with Gasteiger partial charge in [-0.1, -0.05) is 29.3 Å². The van der Waals surface area contributed by atoms with Crippen LogP contribution in [0.3, 0.4) is 0 Å². The van der Waals surface area contributed by atoms with Gasteiger partial charge >= 0.3 is 11.4 Å². The zero-order valence-electron chi connectivity index (χ0n) is 14.7. The van der Waals surface area contributed by atoms with Gasteiger partial charge in [0.05, 0.1) is 16.6 Å². The van der Waals surface area contributed by atoms with Gasteiger partial charge < -0.3 is 13.8 Å². The molecule has 7 nitrogen and oxygen atoms in total. The number of halogens is 2. The van der Waals surface area contributed by atoms with Gasteiger partial charge in [0.25, 0.3) is 0 Å². The second kappa shape index (κ2) is 7.26. The van der Waals surface area contributed by atoms with Crippen molar-refractivity contribution in [1.29, 1.82) is 0 Å². The Kier molecular flexibility index (Phi) is 4.78. The van der Waals surface area contributed by atoms with Crippen molar-refractivity contribution in [2.24, 2.45) is 7.05 Å². The smallest absolute Gasteiger partial charge is 0.440 e. The molecule has 28 heavy (non-hydrogen) atoms. The highest BCUT2D eigenvalue weighted by atomic mass is 35.5. The predicted octanol–water partition coefficient (Wildman–Crippen LogP) is 3.56. The summed E-state index contributed by atoms with van der Waals surface area (Å²) < 4.78 is 13.7. The number of aromatic nitrogens is 3. The zero-order valence-corrected chi connectivity index (χ0v) is 16.3. The van der Waals surface area contributed by atoms with E-state index >= 15 is 0 Å². The molecule has 0 aliphatic carbocycles. The first kappa shape index (κ1) is 18.5. The molecule has 2 aromatic carbocycles. The van der Waals surface area contributed by atoms with E-state index < -0.39 is 11.4 Å². The molecule has 1 N–H and O–H groups in total. The van der Waals surface area contributed by atoms with E-state index in [4.69, 9.17) is 32.5 Å². The average Bonchev–Trinajstić information content (AvgIpc) is 3.14. The first-order valence-electron chi connectivity index (χ1n) is 8.36. The summed E-state index contributed by atoms with van der Waals surface area (Å²) in [7, 11) is 1.90. The summed E-state index contributed by atoms with van der Waals surface area (Å²) >= 11 is 12.0. The van der Waals surface area contributed by atoms with Crippen molar-refractivity contribution < 1.29 is 9.26 Å². The van der Waals surface area contributed by atoms with Gasteiger partial charge in [-0.2, -0.15) is 0 Å². The second-order valence-electron chi connectivity index (χ2n) is 6.33. The molecule has 0 unspecified atom stereocenters. The van der Waals surface area contributed by atoms with E-state index in [0.717, 1.165) is 26.8 Å². The predicted molar refractivity (Wildman–Crippen MR) is 106 cm³/mol. The summed E-state index contributed by atoms with van der Waals surface area (Å²) in [5, 5.41) is 1.86. The van der Waals surface area contributed by atoms with Crippen LogP contribution < -0.4 is 16.2 Å². The molecule has 0 aliphatic heterocycles. The molecule has 0 saturated carbocycles. The number of ether oxygens (including phenoxy) is 1. The minimum atomic E-state index is -0.782. The fraction of sp³-hybridized carbons (Fsp3) is 0.158. The lowest BCUT2D eigenvalue weighted by atomic mass is 10.1. The van der Waals surface area contributed by atoms with Crippen molar-refractivity contribution in [2.45, 2.75) is 13.2 Å². The van der Waals surface area contributed by atoms with Gasteiger partial charge in [-0.05, 0) is 35.9 Å². The van der Waals surface area contributed by atoms with Crippen molar-refractivity contribution in [1.82, 2.24) is 14.3 Å². The maximum Gasteiger partial charge on any atom is 0.440 e. The number of H-pyrrole nitrogens is 1. The Morgan fingerprint density at radius 3 is 2.64 bits per heavy atom. The number of nitrogens with zero attached hydrogens (tertiary/aromatic N) is 2. The first-order chi connectivity index (χ1) is 13.4. The van der Waals surface area contributed by atoms with Gasteiger partial charge in [0, 0.05) is 29.7 Å². The summed E-state index contributed by atoms with van der Waals surface area (Å²) in [5.41, 5.74) is 2.09. The fourth-order valence-corrected chi connectivity index (χ4v) is 3.36. The standard InChI is InChI=1S/C19H15Cl2N3O4/c1-23-8-12(9-24-18(25)22-19(26)28-24)14-7-13(3-5-17(14)23)27-10-11-2-4-15(20)16(21)6-11/h2-8H,9-10H2,1H3,(H,22,25,26). The molecule has 2 heterocycles. The van der Waals surface area contributed by atoms with Crippen LogP contribution in [-0.4, -0.2) is 14.3 Å². The molecule has 0 radical (unpaired) electrons. The molecule has 4 rings (SSSR count). The zero-order chi connectivity index (χ0) is 19.8. The van der Waals surface area contributed by atoms with E-state index in [-0.39, 0.29) is 6.54 Å². The van der Waals surface area contributed by atoms with Gasteiger partial charge in [-0.15, -0.1) is 4.74 Å². The number of aryl methyl sites for hydroxylation is 1. The fourth-order valence-electron chi connectivity index (χ4n) is 3.04. The van der Waals surface area contributed by atoms with Crippen LogP contribution >= 0.6 is 23.2 Å². The largest absolute Gasteiger partial charge is 0.489 e. The van der Waals surface area contributed by atoms with E-state index in [1.165, 1.54) is 0 Å². The molecule has 0 fully saturated rings. The third-order valence-corrected chi connectivity index (χ3v) is 5.11. The number of hydrogen-bond donors (Lipinski definition) is 1. The van der Waals surface area contributed by atoms with Gasteiger partial charge in [0.2, 0.25) is 0 Å². The van der Waals surface area contributed by atoms with Crippen LogP contribution in [0.1, 0.15) is 11.1 Å². The van der Waals surface area contributed by atoms with Crippen LogP contribution in [0.4, 0.5) is 0 Å². The van der Waals surface area contributed by atoms with Gasteiger partial charge in [0.15, 0.2) is 0 Å². The summed E-state index contributed by atoms with van der Waals surface area (Å²) in [4.78, 5) is 25.0. The van der Waals surface area contributed by atoms with Crippen LogP contribution in [0.15, 0.2) is 56.7 Å². The van der Waals surface area contributed by atoms with Crippen molar-refractivity contribution >= 4 is 34.1 Å². The highest BCUT2D eigenvalue weighted by molar-refractivity contribution is 6.42. The normalized spacial score (nSPS) is 11.2. The topological polar surface area (TPSA) is 82.2 Å². The van der Waals surface area contributed by atoms with E-state index in [1.54, 1.807) is 12.1 Å². The minimum absolute atomic E-state index is 0.130. The SMILES string of the molecule is Cn1cc(Cn2oc(=O)[nH]c2=O)c2cc(OCc3ccc(Cl)c(Cl)c3)ccc21. The number of hydrogen-bond acceptors (Lipinski definition) is 4. The summed E-state index contributed by atoms with van der Waals surface area (Å²) in [6.45, 7) is 0.460. The van der Waals surface area contributed by atoms with Crippen LogP contribution in [0.2, 0.25) is 10.0 Å². The van der Waals surface area contributed by atoms with E-state index in [0.29, 0.717) is 22.4 Å². The number of fused-ring (bicyclic) bond motifs is 1. The van der Waals surface area contributed by atoms with Gasteiger partial charge in [-0.3, -0.25) is 0 Å². The maximum atomic E-state index is 11.7. The van der Waals surface area contributed by atoms with Crippen molar-refractivity contribution in [3.05, 3.63) is 84.8 Å². The molecule has 0 amide bonds. The van der Waals surface area contributed by atoms with Crippen LogP contribution in [0.5, 0.6) is 5.75 Å². The lowest BCUT2D eigenvalue weighted by molar-refractivity contribution is 0.258. The molecule has 144 valence electrons. The van der Waals surface area contributed by atoms with Crippen molar-refractivity contribution in [3.8, 4) is 5.75 Å². The number of benzene rings is 2. The molecule has 0 saturated heterocycles. The summed E-state index contributed by atoms with van der Waals surface area (Å²) in [6, 6.07) is 11.0. The molecule has 2 aromatic heterocycles. The molecular formula is C19H15Cl2N3O4.